The van der Waals surface area contributed by atoms with Gasteiger partial charge in [-0.1, -0.05) is 36.7 Å². The molecule has 152 valence electrons. The van der Waals surface area contributed by atoms with Gasteiger partial charge in [0.15, 0.2) is 0 Å². The van der Waals surface area contributed by atoms with E-state index in [4.69, 9.17) is 0 Å². The van der Waals surface area contributed by atoms with Crippen LogP contribution in [0.5, 0.6) is 0 Å². The van der Waals surface area contributed by atoms with Crippen LogP contribution < -0.4 is 0 Å². The normalized spacial score (nSPS) is 47.1. The number of fused-ring (bicyclic) bond motifs is 8. The number of allylic oxidation sites excluding steroid dienone is 3. The summed E-state index contributed by atoms with van der Waals surface area (Å²) in [5, 5.41) is 3.37. The van der Waals surface area contributed by atoms with E-state index in [-0.39, 0.29) is 22.7 Å². The Morgan fingerprint density at radius 1 is 1.14 bits per heavy atom. The van der Waals surface area contributed by atoms with Crippen LogP contribution in [0.4, 0.5) is 4.39 Å². The minimum atomic E-state index is -0.244. The maximum absolute atomic E-state index is 13.9. The number of nitrogens with zero attached hydrogens (tertiary/aromatic N) is 2. The molecule has 3 nitrogen and oxygen atoms in total. The molecule has 1 aromatic heterocycles. The van der Waals surface area contributed by atoms with Gasteiger partial charge >= 0.3 is 0 Å². The number of aromatic nitrogens is 1. The van der Waals surface area contributed by atoms with E-state index < -0.39 is 0 Å². The Balaban J connectivity index is 1.37. The topological polar surface area (TPSA) is 42.3 Å². The lowest BCUT2D eigenvalue weighted by molar-refractivity contribution is -0.0302. The summed E-state index contributed by atoms with van der Waals surface area (Å²) in [6, 6.07) is 1.56. The zero-order valence-electron chi connectivity index (χ0n) is 17.3. The van der Waals surface area contributed by atoms with Gasteiger partial charge in [-0.05, 0) is 96.1 Å². The second-order valence-corrected chi connectivity index (χ2v) is 10.7. The summed E-state index contributed by atoms with van der Waals surface area (Å²) in [6.07, 6.45) is 14.6. The first-order valence-corrected chi connectivity index (χ1v) is 11.3. The first-order valence-electron chi connectivity index (χ1n) is 11.3. The van der Waals surface area contributed by atoms with Gasteiger partial charge in [-0.3, -0.25) is 4.98 Å². The lowest BCUT2D eigenvalue weighted by Crippen LogP contribution is -2.51. The monoisotopic (exact) mass is 392 g/mol. The van der Waals surface area contributed by atoms with E-state index in [0.29, 0.717) is 17.8 Å². The second kappa shape index (κ2) is 5.86. The average molecular weight is 393 g/mol. The van der Waals surface area contributed by atoms with Crippen LogP contribution >= 0.6 is 0 Å². The summed E-state index contributed by atoms with van der Waals surface area (Å²) < 4.78 is 13.9. The van der Waals surface area contributed by atoms with Gasteiger partial charge in [0.25, 0.3) is 0 Å². The molecule has 1 heterocycles. The highest BCUT2D eigenvalue weighted by molar-refractivity contribution is 5.72. The zero-order valence-corrected chi connectivity index (χ0v) is 17.3. The standard InChI is InChI=1S/C25H29FN2O/c1-24-8-6-21-23(20(24)4-3-19(24)14-9-15(26)13-27-12-14)18-11-17(18)22-10-16(28-29)5-7-25(21,22)2/h3,9-10,12-13,16-18,20-21,23H,4-8,11H2,1-2H3/t16?,17?,18?,20-,21-,23-,24+,25+/m0/s1. The molecule has 6 rings (SSSR count). The molecular formula is C25H29FN2O. The van der Waals surface area contributed by atoms with Crippen molar-refractivity contribution in [2.75, 3.05) is 0 Å². The number of pyridine rings is 1. The Hall–Kier alpha value is -1.84. The van der Waals surface area contributed by atoms with Gasteiger partial charge in [-0.25, -0.2) is 4.39 Å². The Morgan fingerprint density at radius 3 is 2.76 bits per heavy atom. The van der Waals surface area contributed by atoms with Crippen LogP contribution in [0.1, 0.15) is 57.9 Å². The quantitative estimate of drug-likeness (QED) is 0.446. The van der Waals surface area contributed by atoms with Crippen LogP contribution in [0.2, 0.25) is 0 Å². The summed E-state index contributed by atoms with van der Waals surface area (Å²) >= 11 is 0. The molecule has 0 radical (unpaired) electrons. The average Bonchev–Trinajstić information content (AvgIpc) is 3.42. The maximum Gasteiger partial charge on any atom is 0.142 e. The number of nitroso groups, excluding NO2 is 1. The number of rotatable bonds is 2. The van der Waals surface area contributed by atoms with E-state index in [0.717, 1.165) is 43.1 Å². The number of halogens is 1. The SMILES string of the molecule is C[C@]12CCC(N=O)C=C1C1CC1[C@@H]1[C@@H]2CC[C@]2(C)C(c3cncc(F)c3)=CC[C@@H]12. The lowest BCUT2D eigenvalue weighted by Gasteiger charge is -2.58. The molecule has 0 amide bonds. The molecule has 0 aromatic carbocycles. The molecule has 0 aliphatic heterocycles. The minimum Gasteiger partial charge on any atom is -0.261 e. The van der Waals surface area contributed by atoms with Crippen molar-refractivity contribution in [2.45, 2.75) is 58.4 Å². The largest absolute Gasteiger partial charge is 0.261 e. The first-order chi connectivity index (χ1) is 14.0. The molecule has 0 bridgehead atoms. The van der Waals surface area contributed by atoms with Crippen molar-refractivity contribution in [3.63, 3.8) is 0 Å². The van der Waals surface area contributed by atoms with Crippen LogP contribution in [-0.4, -0.2) is 11.0 Å². The smallest absolute Gasteiger partial charge is 0.142 e. The van der Waals surface area contributed by atoms with Gasteiger partial charge in [0.2, 0.25) is 0 Å². The minimum absolute atomic E-state index is 0.107. The first kappa shape index (κ1) is 18.0. The molecule has 3 unspecified atom stereocenters. The van der Waals surface area contributed by atoms with Crippen LogP contribution in [-0.2, 0) is 0 Å². The van der Waals surface area contributed by atoms with Gasteiger partial charge in [0.1, 0.15) is 11.9 Å². The number of hydrogen-bond acceptors (Lipinski definition) is 3. The summed E-state index contributed by atoms with van der Waals surface area (Å²) in [5.74, 6) is 3.31. The molecule has 3 fully saturated rings. The molecule has 8 atom stereocenters. The number of hydrogen-bond donors (Lipinski definition) is 0. The molecular weight excluding hydrogens is 363 g/mol. The van der Waals surface area contributed by atoms with Crippen LogP contribution in [0.3, 0.4) is 0 Å². The van der Waals surface area contributed by atoms with E-state index in [1.165, 1.54) is 24.6 Å². The molecule has 1 aromatic rings. The Bertz CT molecular complexity index is 954. The fourth-order valence-corrected chi connectivity index (χ4v) is 8.22. The highest BCUT2D eigenvalue weighted by Gasteiger charge is 2.66. The molecule has 0 N–H and O–H groups in total. The van der Waals surface area contributed by atoms with Crippen molar-refractivity contribution in [1.82, 2.24) is 4.98 Å². The third-order valence-corrected chi connectivity index (χ3v) is 9.61. The second-order valence-electron chi connectivity index (χ2n) is 10.7. The Labute approximate surface area is 171 Å². The lowest BCUT2D eigenvalue weighted by atomic mass is 9.46. The van der Waals surface area contributed by atoms with Crippen LogP contribution in [0.25, 0.3) is 5.57 Å². The fourth-order valence-electron chi connectivity index (χ4n) is 8.22. The highest BCUT2D eigenvalue weighted by Crippen LogP contribution is 2.74. The molecule has 5 aliphatic carbocycles. The van der Waals surface area contributed by atoms with Crippen molar-refractivity contribution in [3.8, 4) is 0 Å². The van der Waals surface area contributed by atoms with Gasteiger partial charge in [0.05, 0.1) is 6.20 Å². The third-order valence-electron chi connectivity index (χ3n) is 9.61. The van der Waals surface area contributed by atoms with Crippen molar-refractivity contribution < 1.29 is 4.39 Å². The Kier molecular flexibility index (Phi) is 3.63. The summed E-state index contributed by atoms with van der Waals surface area (Å²) in [6.45, 7) is 4.91. The molecule has 0 spiro atoms. The van der Waals surface area contributed by atoms with E-state index >= 15 is 0 Å². The zero-order chi connectivity index (χ0) is 20.0. The maximum atomic E-state index is 13.9. The van der Waals surface area contributed by atoms with E-state index in [2.05, 4.69) is 36.2 Å². The van der Waals surface area contributed by atoms with Gasteiger partial charge < -0.3 is 0 Å². The van der Waals surface area contributed by atoms with Crippen molar-refractivity contribution in [3.05, 3.63) is 52.5 Å². The van der Waals surface area contributed by atoms with Gasteiger partial charge in [-0.2, -0.15) is 4.91 Å². The molecule has 5 aliphatic rings. The molecule has 4 heteroatoms. The summed E-state index contributed by atoms with van der Waals surface area (Å²) in [7, 11) is 0. The van der Waals surface area contributed by atoms with Crippen LogP contribution in [0, 0.1) is 51.1 Å². The van der Waals surface area contributed by atoms with Crippen molar-refractivity contribution >= 4 is 5.57 Å². The summed E-state index contributed by atoms with van der Waals surface area (Å²) in [4.78, 5) is 15.3. The fraction of sp³-hybridized carbons (Fsp3) is 0.640. The van der Waals surface area contributed by atoms with Crippen molar-refractivity contribution in [2.24, 2.45) is 45.6 Å². The summed E-state index contributed by atoms with van der Waals surface area (Å²) in [5.41, 5.74) is 4.24. The molecule has 29 heavy (non-hydrogen) atoms. The molecule has 0 saturated heterocycles. The van der Waals surface area contributed by atoms with E-state index in [1.54, 1.807) is 11.6 Å². The third kappa shape index (κ3) is 2.32. The van der Waals surface area contributed by atoms with E-state index in [9.17, 15) is 9.30 Å². The molecule has 3 saturated carbocycles. The van der Waals surface area contributed by atoms with Crippen LogP contribution in [0.15, 0.2) is 41.4 Å². The van der Waals surface area contributed by atoms with Gasteiger partial charge in [-0.15, -0.1) is 0 Å². The van der Waals surface area contributed by atoms with Gasteiger partial charge in [0, 0.05) is 6.20 Å². The highest BCUT2D eigenvalue weighted by atomic mass is 19.1. The van der Waals surface area contributed by atoms with E-state index in [1.807, 2.05) is 6.20 Å². The van der Waals surface area contributed by atoms with Crippen molar-refractivity contribution in [1.29, 1.82) is 0 Å². The predicted molar refractivity (Wildman–Crippen MR) is 111 cm³/mol. The predicted octanol–water partition coefficient (Wildman–Crippen LogP) is 6.17. The Morgan fingerprint density at radius 2 is 1.97 bits per heavy atom.